The highest BCUT2D eigenvalue weighted by Gasteiger charge is 2.20. The maximum absolute atomic E-state index is 12.5. The summed E-state index contributed by atoms with van der Waals surface area (Å²) in [6.45, 7) is 3.46. The van der Waals surface area contributed by atoms with Gasteiger partial charge < -0.3 is 5.32 Å². The van der Waals surface area contributed by atoms with E-state index in [1.807, 2.05) is 4.72 Å². The minimum Gasteiger partial charge on any atom is -0.308 e. The van der Waals surface area contributed by atoms with Crippen molar-refractivity contribution in [2.24, 2.45) is 0 Å². The Kier molecular flexibility index (Phi) is 6.70. The second-order valence-corrected chi connectivity index (χ2v) is 8.68. The van der Waals surface area contributed by atoms with Gasteiger partial charge in [0.25, 0.3) is 21.8 Å². The van der Waals surface area contributed by atoms with Crippen LogP contribution in [0, 0.1) is 13.8 Å². The molecule has 0 aromatic heterocycles. The zero-order valence-corrected chi connectivity index (χ0v) is 18.2. The van der Waals surface area contributed by atoms with E-state index >= 15 is 0 Å². The molecule has 3 aromatic rings. The molecule has 0 saturated heterocycles. The average Bonchev–Trinajstić information content (AvgIpc) is 2.74. The molecule has 3 N–H and O–H groups in total. The fourth-order valence-corrected chi connectivity index (χ4v) is 3.91. The molecule has 0 fully saturated rings. The number of imide groups is 1. The quantitative estimate of drug-likeness (QED) is 0.549. The lowest BCUT2D eigenvalue weighted by Gasteiger charge is -2.10. The van der Waals surface area contributed by atoms with Crippen LogP contribution in [0.15, 0.2) is 77.7 Å². The number of sulfonamides is 1. The zero-order valence-electron chi connectivity index (χ0n) is 17.4. The number of carbonyl (C=O) groups is 3. The van der Waals surface area contributed by atoms with Crippen LogP contribution in [0.2, 0.25) is 0 Å². The largest absolute Gasteiger partial charge is 0.326 e. The second-order valence-electron chi connectivity index (χ2n) is 7.00. The molecule has 0 aliphatic heterocycles. The summed E-state index contributed by atoms with van der Waals surface area (Å²) >= 11 is 0. The van der Waals surface area contributed by atoms with E-state index in [1.54, 1.807) is 56.3 Å². The fraction of sp³-hybridized carbons (Fsp3) is 0.0870. The molecule has 32 heavy (non-hydrogen) atoms. The average molecular weight is 452 g/mol. The molecule has 164 valence electrons. The van der Waals surface area contributed by atoms with Crippen molar-refractivity contribution in [1.82, 2.24) is 10.0 Å². The lowest BCUT2D eigenvalue weighted by molar-refractivity contribution is 0.0962. The SMILES string of the molecule is Cc1ccccc1C(=O)NC(=O)Nc1ccc(S(=O)(=O)NC(=O)c2ccccc2C)cc1. The Labute approximate surface area is 185 Å². The van der Waals surface area contributed by atoms with E-state index in [0.29, 0.717) is 11.1 Å². The zero-order chi connectivity index (χ0) is 23.3. The summed E-state index contributed by atoms with van der Waals surface area (Å²) in [5.41, 5.74) is 2.26. The Morgan fingerprint density at radius 2 is 1.19 bits per heavy atom. The van der Waals surface area contributed by atoms with Gasteiger partial charge in [0, 0.05) is 16.8 Å². The number of rotatable bonds is 5. The number of anilines is 1. The molecule has 0 unspecified atom stereocenters. The molecule has 3 rings (SSSR count). The molecule has 3 aromatic carbocycles. The van der Waals surface area contributed by atoms with Crippen LogP contribution in [0.5, 0.6) is 0 Å². The number of carbonyl (C=O) groups excluding carboxylic acids is 3. The Balaban J connectivity index is 1.64. The van der Waals surface area contributed by atoms with Gasteiger partial charge in [-0.15, -0.1) is 0 Å². The van der Waals surface area contributed by atoms with Crippen LogP contribution in [0.4, 0.5) is 10.5 Å². The maximum atomic E-state index is 12.5. The van der Waals surface area contributed by atoms with Crippen molar-refractivity contribution in [3.05, 3.63) is 95.1 Å². The Hall–Kier alpha value is -3.98. The molecule has 0 aliphatic rings. The standard InChI is InChI=1S/C23H21N3O5S/c1-15-7-3-5-9-19(15)21(27)25-23(29)24-17-11-13-18(14-12-17)32(30,31)26-22(28)20-10-6-4-8-16(20)2/h3-14H,1-2H3,(H,26,28)(H2,24,25,27,29). The van der Waals surface area contributed by atoms with Gasteiger partial charge in [0.1, 0.15) is 0 Å². The van der Waals surface area contributed by atoms with Gasteiger partial charge in [0.15, 0.2) is 0 Å². The predicted molar refractivity (Wildman–Crippen MR) is 120 cm³/mol. The highest BCUT2D eigenvalue weighted by Crippen LogP contribution is 2.15. The summed E-state index contributed by atoms with van der Waals surface area (Å²) in [5, 5.41) is 4.68. The van der Waals surface area contributed by atoms with E-state index in [4.69, 9.17) is 0 Å². The molecule has 4 amide bonds. The van der Waals surface area contributed by atoms with E-state index in [-0.39, 0.29) is 16.1 Å². The predicted octanol–water partition coefficient (Wildman–Crippen LogP) is 3.38. The summed E-state index contributed by atoms with van der Waals surface area (Å²) in [5.74, 6) is -1.29. The smallest absolute Gasteiger partial charge is 0.308 e. The number of aryl methyl sites for hydroxylation is 2. The lowest BCUT2D eigenvalue weighted by Crippen LogP contribution is -2.34. The molecule has 0 radical (unpaired) electrons. The van der Waals surface area contributed by atoms with Crippen molar-refractivity contribution in [1.29, 1.82) is 0 Å². The van der Waals surface area contributed by atoms with Crippen LogP contribution in [-0.4, -0.2) is 26.3 Å². The fourth-order valence-electron chi connectivity index (χ4n) is 2.94. The van der Waals surface area contributed by atoms with Crippen molar-refractivity contribution in [3.63, 3.8) is 0 Å². The van der Waals surface area contributed by atoms with Crippen molar-refractivity contribution in [3.8, 4) is 0 Å². The molecule has 0 spiro atoms. The summed E-state index contributed by atoms with van der Waals surface area (Å²) in [7, 11) is -4.11. The first kappa shape index (κ1) is 22.7. The molecule has 0 atom stereocenters. The van der Waals surface area contributed by atoms with Crippen LogP contribution in [0.25, 0.3) is 0 Å². The minimum atomic E-state index is -4.11. The molecule has 0 saturated carbocycles. The summed E-state index contributed by atoms with van der Waals surface area (Å²) < 4.78 is 27.1. The van der Waals surface area contributed by atoms with Gasteiger partial charge >= 0.3 is 6.03 Å². The second kappa shape index (κ2) is 9.44. The van der Waals surface area contributed by atoms with Gasteiger partial charge in [0.2, 0.25) is 0 Å². The number of urea groups is 1. The first-order chi connectivity index (χ1) is 15.2. The van der Waals surface area contributed by atoms with Crippen LogP contribution in [0.3, 0.4) is 0 Å². The molecule has 8 nitrogen and oxygen atoms in total. The van der Waals surface area contributed by atoms with Gasteiger partial charge in [-0.25, -0.2) is 17.9 Å². The molecule has 0 aliphatic carbocycles. The number of hydrogen-bond acceptors (Lipinski definition) is 5. The third kappa shape index (κ3) is 5.38. The number of hydrogen-bond donors (Lipinski definition) is 3. The van der Waals surface area contributed by atoms with Crippen LogP contribution >= 0.6 is 0 Å². The summed E-state index contributed by atoms with van der Waals surface area (Å²) in [4.78, 5) is 36.5. The third-order valence-corrected chi connectivity index (χ3v) is 6.00. The van der Waals surface area contributed by atoms with Gasteiger partial charge in [-0.2, -0.15) is 0 Å². The Morgan fingerprint density at radius 1 is 0.688 bits per heavy atom. The minimum absolute atomic E-state index is 0.152. The van der Waals surface area contributed by atoms with E-state index in [1.165, 1.54) is 30.3 Å². The van der Waals surface area contributed by atoms with Gasteiger partial charge in [-0.3, -0.25) is 14.9 Å². The molecule has 0 heterocycles. The van der Waals surface area contributed by atoms with Crippen molar-refractivity contribution >= 4 is 33.6 Å². The maximum Gasteiger partial charge on any atom is 0.326 e. The lowest BCUT2D eigenvalue weighted by atomic mass is 10.1. The van der Waals surface area contributed by atoms with Crippen molar-refractivity contribution in [2.75, 3.05) is 5.32 Å². The number of nitrogens with one attached hydrogen (secondary N) is 3. The van der Waals surface area contributed by atoms with Crippen LogP contribution in [0.1, 0.15) is 31.8 Å². The van der Waals surface area contributed by atoms with Gasteiger partial charge in [0.05, 0.1) is 4.90 Å². The van der Waals surface area contributed by atoms with E-state index in [2.05, 4.69) is 10.6 Å². The Morgan fingerprint density at radius 3 is 1.72 bits per heavy atom. The molecular weight excluding hydrogens is 430 g/mol. The van der Waals surface area contributed by atoms with Crippen LogP contribution in [-0.2, 0) is 10.0 Å². The molecule has 0 bridgehead atoms. The van der Waals surface area contributed by atoms with Crippen LogP contribution < -0.4 is 15.4 Å². The van der Waals surface area contributed by atoms with E-state index in [0.717, 1.165) is 5.56 Å². The van der Waals surface area contributed by atoms with Gasteiger partial charge in [-0.1, -0.05) is 36.4 Å². The van der Waals surface area contributed by atoms with E-state index in [9.17, 15) is 22.8 Å². The summed E-state index contributed by atoms with van der Waals surface area (Å²) in [6, 6.07) is 17.9. The topological polar surface area (TPSA) is 121 Å². The summed E-state index contributed by atoms with van der Waals surface area (Å²) in [6.07, 6.45) is 0. The normalized spacial score (nSPS) is 10.8. The van der Waals surface area contributed by atoms with Crippen molar-refractivity contribution in [2.45, 2.75) is 18.7 Å². The highest BCUT2D eigenvalue weighted by atomic mass is 32.2. The third-order valence-electron chi connectivity index (χ3n) is 4.66. The first-order valence-electron chi connectivity index (χ1n) is 9.58. The first-order valence-corrected chi connectivity index (χ1v) is 11.1. The molecular formula is C23H21N3O5S. The number of amides is 4. The molecule has 9 heteroatoms. The number of benzene rings is 3. The Bertz CT molecular complexity index is 1280. The van der Waals surface area contributed by atoms with Gasteiger partial charge in [-0.05, 0) is 61.4 Å². The van der Waals surface area contributed by atoms with Crippen molar-refractivity contribution < 1.29 is 22.8 Å². The van der Waals surface area contributed by atoms with E-state index < -0.39 is 27.9 Å². The highest BCUT2D eigenvalue weighted by molar-refractivity contribution is 7.90. The monoisotopic (exact) mass is 451 g/mol.